The molecule has 0 aliphatic carbocycles. The summed E-state index contributed by atoms with van der Waals surface area (Å²) < 4.78 is 5.60. The van der Waals surface area contributed by atoms with Gasteiger partial charge in [-0.05, 0) is 44.5 Å². The van der Waals surface area contributed by atoms with Gasteiger partial charge in [0.15, 0.2) is 0 Å². The van der Waals surface area contributed by atoms with Gasteiger partial charge in [-0.15, -0.1) is 0 Å². The number of carbonyl (C=O) groups is 1. The Bertz CT molecular complexity index is 1170. The van der Waals surface area contributed by atoms with Gasteiger partial charge in [-0.25, -0.2) is 0 Å². The molecule has 0 fully saturated rings. The molecule has 0 aliphatic rings. The monoisotopic (exact) mass is 403 g/mol. The molecule has 0 atom stereocenters. The normalized spacial score (nSPS) is 11.0. The van der Waals surface area contributed by atoms with E-state index in [1.807, 2.05) is 79.1 Å². The number of amides is 1. The summed E-state index contributed by atoms with van der Waals surface area (Å²) in [5, 5.41) is 16.0. The van der Waals surface area contributed by atoms with Gasteiger partial charge in [0, 0.05) is 35.8 Å². The maximum Gasteiger partial charge on any atom is 0.255 e. The molecule has 8 heteroatoms. The average molecular weight is 403 g/mol. The van der Waals surface area contributed by atoms with Crippen molar-refractivity contribution in [3.05, 3.63) is 83.2 Å². The molecular formula is C22H25N7O. The highest BCUT2D eigenvalue weighted by atomic mass is 16.1. The zero-order valence-corrected chi connectivity index (χ0v) is 17.4. The number of nitrogens with one attached hydrogen (secondary N) is 1. The van der Waals surface area contributed by atoms with E-state index in [4.69, 9.17) is 0 Å². The molecule has 1 amide bonds. The van der Waals surface area contributed by atoms with Crippen LogP contribution in [-0.2, 0) is 19.6 Å². The van der Waals surface area contributed by atoms with Crippen LogP contribution in [0.5, 0.6) is 0 Å². The van der Waals surface area contributed by atoms with Crippen molar-refractivity contribution in [2.75, 3.05) is 5.32 Å². The van der Waals surface area contributed by atoms with E-state index < -0.39 is 0 Å². The fourth-order valence-electron chi connectivity index (χ4n) is 3.38. The van der Waals surface area contributed by atoms with E-state index in [0.717, 1.165) is 29.1 Å². The SMILES string of the molecule is CCn1cc(Cn2cc(NC(=O)c3cccc(Cn4nc(C)cc4C)c3)cn2)cn1. The summed E-state index contributed by atoms with van der Waals surface area (Å²) in [6, 6.07) is 9.65. The van der Waals surface area contributed by atoms with Crippen molar-refractivity contribution in [1.29, 1.82) is 0 Å². The minimum Gasteiger partial charge on any atom is -0.319 e. The van der Waals surface area contributed by atoms with Crippen LogP contribution in [0.25, 0.3) is 0 Å². The van der Waals surface area contributed by atoms with Crippen LogP contribution in [0.3, 0.4) is 0 Å². The number of aromatic nitrogens is 6. The van der Waals surface area contributed by atoms with Gasteiger partial charge in [-0.3, -0.25) is 18.8 Å². The highest BCUT2D eigenvalue weighted by molar-refractivity contribution is 6.04. The minimum absolute atomic E-state index is 0.163. The summed E-state index contributed by atoms with van der Waals surface area (Å²) in [5.74, 6) is -0.163. The number of rotatable bonds is 7. The summed E-state index contributed by atoms with van der Waals surface area (Å²) in [6.45, 7) is 8.12. The summed E-state index contributed by atoms with van der Waals surface area (Å²) in [5.41, 5.74) is 5.43. The lowest BCUT2D eigenvalue weighted by Gasteiger charge is -2.07. The molecule has 4 rings (SSSR count). The predicted octanol–water partition coefficient (Wildman–Crippen LogP) is 3.26. The van der Waals surface area contributed by atoms with Crippen LogP contribution in [0, 0.1) is 13.8 Å². The molecule has 30 heavy (non-hydrogen) atoms. The molecule has 0 unspecified atom stereocenters. The van der Waals surface area contributed by atoms with Crippen LogP contribution in [0.1, 0.15) is 39.8 Å². The third-order valence-electron chi connectivity index (χ3n) is 4.87. The van der Waals surface area contributed by atoms with Gasteiger partial charge in [0.25, 0.3) is 5.91 Å². The Morgan fingerprint density at radius 1 is 1.00 bits per heavy atom. The van der Waals surface area contributed by atoms with Crippen molar-refractivity contribution in [2.45, 2.75) is 40.4 Å². The minimum atomic E-state index is -0.163. The molecule has 0 aliphatic heterocycles. The number of anilines is 1. The number of benzene rings is 1. The van der Waals surface area contributed by atoms with Crippen molar-refractivity contribution in [1.82, 2.24) is 29.3 Å². The van der Waals surface area contributed by atoms with Gasteiger partial charge >= 0.3 is 0 Å². The number of aryl methyl sites for hydroxylation is 3. The third kappa shape index (κ3) is 4.48. The topological polar surface area (TPSA) is 82.6 Å². The van der Waals surface area contributed by atoms with E-state index in [-0.39, 0.29) is 5.91 Å². The molecule has 0 radical (unpaired) electrons. The maximum atomic E-state index is 12.7. The zero-order chi connectivity index (χ0) is 21.1. The lowest BCUT2D eigenvalue weighted by Crippen LogP contribution is -2.12. The number of carbonyl (C=O) groups excluding carboxylic acids is 1. The number of hydrogen-bond acceptors (Lipinski definition) is 4. The van der Waals surface area contributed by atoms with Crippen LogP contribution in [0.4, 0.5) is 5.69 Å². The molecule has 4 aromatic rings. The van der Waals surface area contributed by atoms with E-state index in [1.165, 1.54) is 0 Å². The van der Waals surface area contributed by atoms with Crippen molar-refractivity contribution in [3.8, 4) is 0 Å². The Kier molecular flexibility index (Phi) is 5.47. The van der Waals surface area contributed by atoms with Crippen molar-refractivity contribution in [2.24, 2.45) is 0 Å². The number of hydrogen-bond donors (Lipinski definition) is 1. The molecular weight excluding hydrogens is 378 g/mol. The first-order chi connectivity index (χ1) is 14.5. The molecule has 0 saturated heterocycles. The van der Waals surface area contributed by atoms with Crippen LogP contribution < -0.4 is 5.32 Å². The molecule has 0 bridgehead atoms. The van der Waals surface area contributed by atoms with E-state index in [0.29, 0.717) is 24.3 Å². The molecule has 1 aromatic carbocycles. The predicted molar refractivity (Wildman–Crippen MR) is 114 cm³/mol. The van der Waals surface area contributed by atoms with Crippen molar-refractivity contribution in [3.63, 3.8) is 0 Å². The Morgan fingerprint density at radius 2 is 1.83 bits per heavy atom. The molecule has 3 heterocycles. The maximum absolute atomic E-state index is 12.7. The fourth-order valence-corrected chi connectivity index (χ4v) is 3.38. The smallest absolute Gasteiger partial charge is 0.255 e. The van der Waals surface area contributed by atoms with Gasteiger partial charge < -0.3 is 5.32 Å². The second-order valence-corrected chi connectivity index (χ2v) is 7.37. The van der Waals surface area contributed by atoms with E-state index in [1.54, 1.807) is 10.9 Å². The second kappa shape index (κ2) is 8.36. The van der Waals surface area contributed by atoms with Gasteiger partial charge in [0.05, 0.1) is 36.9 Å². The molecule has 0 saturated carbocycles. The average Bonchev–Trinajstić information content (AvgIpc) is 3.44. The standard InChI is InChI=1S/C22H25N7O/c1-4-27-12-19(10-23-27)13-28-15-21(11-24-28)25-22(30)20-7-5-6-18(9-20)14-29-17(3)8-16(2)26-29/h5-12,15H,4,13-14H2,1-3H3,(H,25,30). The lowest BCUT2D eigenvalue weighted by molar-refractivity contribution is 0.102. The molecule has 154 valence electrons. The quantitative estimate of drug-likeness (QED) is 0.513. The lowest BCUT2D eigenvalue weighted by atomic mass is 10.1. The Labute approximate surface area is 175 Å². The van der Waals surface area contributed by atoms with E-state index >= 15 is 0 Å². The zero-order valence-electron chi connectivity index (χ0n) is 17.4. The molecule has 3 aromatic heterocycles. The third-order valence-corrected chi connectivity index (χ3v) is 4.87. The highest BCUT2D eigenvalue weighted by Crippen LogP contribution is 2.13. The molecule has 0 spiro atoms. The highest BCUT2D eigenvalue weighted by Gasteiger charge is 2.10. The first-order valence-electron chi connectivity index (χ1n) is 9.95. The van der Waals surface area contributed by atoms with Crippen LogP contribution >= 0.6 is 0 Å². The summed E-state index contributed by atoms with van der Waals surface area (Å²) >= 11 is 0. The Hall–Kier alpha value is -3.68. The summed E-state index contributed by atoms with van der Waals surface area (Å²) in [4.78, 5) is 12.7. The Balaban J connectivity index is 1.41. The van der Waals surface area contributed by atoms with Gasteiger partial charge in [-0.2, -0.15) is 15.3 Å². The van der Waals surface area contributed by atoms with E-state index in [9.17, 15) is 4.79 Å². The first kappa shape index (κ1) is 19.6. The van der Waals surface area contributed by atoms with Crippen molar-refractivity contribution < 1.29 is 4.79 Å². The number of nitrogens with zero attached hydrogens (tertiary/aromatic N) is 6. The van der Waals surface area contributed by atoms with Gasteiger partial charge in [0.2, 0.25) is 0 Å². The molecule has 1 N–H and O–H groups in total. The fraction of sp³-hybridized carbons (Fsp3) is 0.273. The molecule has 8 nitrogen and oxygen atoms in total. The van der Waals surface area contributed by atoms with Gasteiger partial charge in [-0.1, -0.05) is 12.1 Å². The Morgan fingerprint density at radius 3 is 2.57 bits per heavy atom. The van der Waals surface area contributed by atoms with Crippen LogP contribution in [0.2, 0.25) is 0 Å². The second-order valence-electron chi connectivity index (χ2n) is 7.37. The van der Waals surface area contributed by atoms with Gasteiger partial charge in [0.1, 0.15) is 0 Å². The van der Waals surface area contributed by atoms with Crippen molar-refractivity contribution >= 4 is 11.6 Å². The van der Waals surface area contributed by atoms with Crippen LogP contribution in [0.15, 0.2) is 55.1 Å². The summed E-state index contributed by atoms with van der Waals surface area (Å²) in [6.07, 6.45) is 7.30. The largest absolute Gasteiger partial charge is 0.319 e. The van der Waals surface area contributed by atoms with Crippen LogP contribution in [-0.4, -0.2) is 35.2 Å². The first-order valence-corrected chi connectivity index (χ1v) is 9.95. The van der Waals surface area contributed by atoms with E-state index in [2.05, 4.69) is 20.6 Å². The summed E-state index contributed by atoms with van der Waals surface area (Å²) in [7, 11) is 0.